The van der Waals surface area contributed by atoms with Crippen molar-refractivity contribution >= 4 is 35.2 Å². The van der Waals surface area contributed by atoms with E-state index in [0.717, 1.165) is 0 Å². The summed E-state index contributed by atoms with van der Waals surface area (Å²) < 4.78 is 0. The molecule has 0 bridgehead atoms. The highest BCUT2D eigenvalue weighted by Crippen LogP contribution is 2.12. The van der Waals surface area contributed by atoms with Crippen molar-refractivity contribution in [3.05, 3.63) is 28.5 Å². The third-order valence-corrected chi connectivity index (χ3v) is 3.52. The first kappa shape index (κ1) is 16.8. The van der Waals surface area contributed by atoms with Crippen molar-refractivity contribution in [3.63, 3.8) is 0 Å². The summed E-state index contributed by atoms with van der Waals surface area (Å²) in [7, 11) is 0. The highest BCUT2D eigenvalue weighted by molar-refractivity contribution is 7.98. The maximum absolute atomic E-state index is 12.1. The lowest BCUT2D eigenvalue weighted by molar-refractivity contribution is -0.139. The summed E-state index contributed by atoms with van der Waals surface area (Å²) >= 11 is 7.38. The number of carboxylic acid groups (broad SMARTS) is 1. The number of amides is 1. The summed E-state index contributed by atoms with van der Waals surface area (Å²) in [5.41, 5.74) is 1.02. The summed E-state index contributed by atoms with van der Waals surface area (Å²) in [6.07, 6.45) is 2.91. The van der Waals surface area contributed by atoms with E-state index in [9.17, 15) is 9.59 Å². The summed E-state index contributed by atoms with van der Waals surface area (Å²) in [6.45, 7) is 1.90. The van der Waals surface area contributed by atoms with Crippen LogP contribution in [-0.2, 0) is 11.2 Å². The number of hydrogen-bond acceptors (Lipinski definition) is 4. The van der Waals surface area contributed by atoms with Crippen molar-refractivity contribution in [1.29, 1.82) is 0 Å². The number of nitrogens with one attached hydrogen (secondary N) is 1. The van der Waals surface area contributed by atoms with Crippen LogP contribution in [0.1, 0.15) is 29.4 Å². The van der Waals surface area contributed by atoms with Gasteiger partial charge in [0.05, 0.1) is 0 Å². The Hall–Kier alpha value is -1.27. The number of carbonyl (C=O) groups is 2. The average Bonchev–Trinajstić information content (AvgIpc) is 2.42. The summed E-state index contributed by atoms with van der Waals surface area (Å²) in [5, 5.41) is 11.8. The van der Waals surface area contributed by atoms with Crippen molar-refractivity contribution in [2.45, 2.75) is 25.8 Å². The van der Waals surface area contributed by atoms with Crippen molar-refractivity contribution < 1.29 is 14.7 Å². The molecule has 1 amide bonds. The van der Waals surface area contributed by atoms with Gasteiger partial charge in [0.15, 0.2) is 0 Å². The second-order valence-corrected chi connectivity index (χ2v) is 5.54. The van der Waals surface area contributed by atoms with Crippen molar-refractivity contribution in [2.75, 3.05) is 12.0 Å². The van der Waals surface area contributed by atoms with Crippen LogP contribution in [-0.4, -0.2) is 40.0 Å². The third-order valence-electron chi connectivity index (χ3n) is 2.69. The minimum absolute atomic E-state index is 0.227. The molecular weight excluding hydrogens is 300 g/mol. The normalized spacial score (nSPS) is 11.9. The van der Waals surface area contributed by atoms with Gasteiger partial charge in [0, 0.05) is 11.3 Å². The minimum atomic E-state index is -1.04. The zero-order chi connectivity index (χ0) is 15.1. The number of aryl methyl sites for hydroxylation is 1. The molecule has 0 aliphatic rings. The smallest absolute Gasteiger partial charge is 0.326 e. The molecule has 0 unspecified atom stereocenters. The first-order valence-electron chi connectivity index (χ1n) is 6.17. The molecule has 20 heavy (non-hydrogen) atoms. The van der Waals surface area contributed by atoms with Gasteiger partial charge >= 0.3 is 5.97 Å². The van der Waals surface area contributed by atoms with Gasteiger partial charge in [0.1, 0.15) is 11.2 Å². The number of halogens is 1. The molecule has 1 rings (SSSR count). The number of carboxylic acids is 1. The molecule has 0 radical (unpaired) electrons. The fourth-order valence-electron chi connectivity index (χ4n) is 1.60. The number of nitrogens with zero attached hydrogens (tertiary/aromatic N) is 1. The van der Waals surface area contributed by atoms with E-state index in [0.29, 0.717) is 29.9 Å². The van der Waals surface area contributed by atoms with Gasteiger partial charge in [0.2, 0.25) is 0 Å². The van der Waals surface area contributed by atoms with Crippen LogP contribution in [0.3, 0.4) is 0 Å². The zero-order valence-electron chi connectivity index (χ0n) is 11.4. The molecule has 7 heteroatoms. The standard InChI is InChI=1S/C13H17ClN2O3S/c1-3-9-6-8(7-11(14)15-9)12(17)16-10(13(18)19)4-5-20-2/h6-7,10H,3-5H2,1-2H3,(H,16,17)(H,18,19)/t10-/m1/s1. The van der Waals surface area contributed by atoms with Gasteiger partial charge in [-0.1, -0.05) is 18.5 Å². The van der Waals surface area contributed by atoms with Crippen LogP contribution < -0.4 is 5.32 Å². The third kappa shape index (κ3) is 5.02. The highest BCUT2D eigenvalue weighted by Gasteiger charge is 2.20. The van der Waals surface area contributed by atoms with Crippen LogP contribution in [0.15, 0.2) is 12.1 Å². The Bertz CT molecular complexity index is 497. The van der Waals surface area contributed by atoms with E-state index in [1.165, 1.54) is 17.8 Å². The van der Waals surface area contributed by atoms with Gasteiger partial charge in [-0.2, -0.15) is 11.8 Å². The molecule has 0 aliphatic carbocycles. The van der Waals surface area contributed by atoms with Crippen LogP contribution >= 0.6 is 23.4 Å². The van der Waals surface area contributed by atoms with E-state index >= 15 is 0 Å². The number of pyridine rings is 1. The Morgan fingerprint density at radius 2 is 2.20 bits per heavy atom. The van der Waals surface area contributed by atoms with Gasteiger partial charge in [-0.05, 0) is 37.0 Å². The van der Waals surface area contributed by atoms with Crippen molar-refractivity contribution in [1.82, 2.24) is 10.3 Å². The van der Waals surface area contributed by atoms with Gasteiger partial charge < -0.3 is 10.4 Å². The van der Waals surface area contributed by atoms with E-state index in [4.69, 9.17) is 16.7 Å². The second kappa shape index (κ2) is 8.11. The molecule has 0 aliphatic heterocycles. The van der Waals surface area contributed by atoms with E-state index in [1.54, 1.807) is 6.07 Å². The minimum Gasteiger partial charge on any atom is -0.480 e. The Labute approximate surface area is 127 Å². The molecule has 0 saturated heterocycles. The average molecular weight is 317 g/mol. The number of carbonyl (C=O) groups excluding carboxylic acids is 1. The van der Waals surface area contributed by atoms with Crippen LogP contribution in [0, 0.1) is 0 Å². The van der Waals surface area contributed by atoms with E-state index < -0.39 is 17.9 Å². The van der Waals surface area contributed by atoms with Gasteiger partial charge in [-0.25, -0.2) is 9.78 Å². The first-order chi connectivity index (χ1) is 9.47. The topological polar surface area (TPSA) is 79.3 Å². The summed E-state index contributed by atoms with van der Waals surface area (Å²) in [6, 6.07) is 2.16. The Kier molecular flexibility index (Phi) is 6.81. The first-order valence-corrected chi connectivity index (χ1v) is 7.94. The molecule has 1 aromatic rings. The Balaban J connectivity index is 2.83. The maximum atomic E-state index is 12.1. The fraction of sp³-hybridized carbons (Fsp3) is 0.462. The van der Waals surface area contributed by atoms with E-state index in [-0.39, 0.29) is 5.15 Å². The highest BCUT2D eigenvalue weighted by atomic mass is 35.5. The quantitative estimate of drug-likeness (QED) is 0.754. The van der Waals surface area contributed by atoms with E-state index in [2.05, 4.69) is 10.3 Å². The van der Waals surface area contributed by atoms with E-state index in [1.807, 2.05) is 13.2 Å². The molecule has 0 fully saturated rings. The van der Waals surface area contributed by atoms with Crippen LogP contribution in [0.4, 0.5) is 0 Å². The molecule has 110 valence electrons. The molecule has 5 nitrogen and oxygen atoms in total. The molecule has 1 atom stereocenters. The van der Waals surface area contributed by atoms with Gasteiger partial charge in [-0.3, -0.25) is 4.79 Å². The lowest BCUT2D eigenvalue weighted by atomic mass is 10.1. The molecule has 0 spiro atoms. The molecule has 2 N–H and O–H groups in total. The Morgan fingerprint density at radius 3 is 2.75 bits per heavy atom. The van der Waals surface area contributed by atoms with Crippen LogP contribution in [0.25, 0.3) is 0 Å². The number of hydrogen-bond donors (Lipinski definition) is 2. The number of thioether (sulfide) groups is 1. The second-order valence-electron chi connectivity index (χ2n) is 4.17. The molecule has 1 aromatic heterocycles. The van der Waals surface area contributed by atoms with Crippen molar-refractivity contribution in [2.24, 2.45) is 0 Å². The number of aliphatic carboxylic acids is 1. The Morgan fingerprint density at radius 1 is 1.50 bits per heavy atom. The SMILES string of the molecule is CCc1cc(C(=O)N[C@H](CCSC)C(=O)O)cc(Cl)n1. The van der Waals surface area contributed by atoms with Crippen LogP contribution in [0.2, 0.25) is 5.15 Å². The monoisotopic (exact) mass is 316 g/mol. The number of aromatic nitrogens is 1. The summed E-state index contributed by atoms with van der Waals surface area (Å²) in [5.74, 6) is -0.824. The fourth-order valence-corrected chi connectivity index (χ4v) is 2.30. The number of rotatable bonds is 7. The van der Waals surface area contributed by atoms with Gasteiger partial charge in [-0.15, -0.1) is 0 Å². The summed E-state index contributed by atoms with van der Waals surface area (Å²) in [4.78, 5) is 27.2. The predicted molar refractivity (Wildman–Crippen MR) is 80.5 cm³/mol. The lowest BCUT2D eigenvalue weighted by Crippen LogP contribution is -2.41. The maximum Gasteiger partial charge on any atom is 0.326 e. The zero-order valence-corrected chi connectivity index (χ0v) is 12.9. The largest absolute Gasteiger partial charge is 0.480 e. The van der Waals surface area contributed by atoms with Crippen LogP contribution in [0.5, 0.6) is 0 Å². The van der Waals surface area contributed by atoms with Gasteiger partial charge in [0.25, 0.3) is 5.91 Å². The molecular formula is C13H17ClN2O3S. The molecule has 1 heterocycles. The lowest BCUT2D eigenvalue weighted by Gasteiger charge is -2.14. The molecule has 0 saturated carbocycles. The molecule has 0 aromatic carbocycles. The van der Waals surface area contributed by atoms with Crippen molar-refractivity contribution in [3.8, 4) is 0 Å². The predicted octanol–water partition coefficient (Wildman–Crippen LogP) is 2.23.